The molecular formula is C22H33N3O3. The Bertz CT molecular complexity index is 642. The van der Waals surface area contributed by atoms with Crippen LogP contribution in [0.3, 0.4) is 0 Å². The molecule has 2 heterocycles. The number of ether oxygens (including phenoxy) is 1. The van der Waals surface area contributed by atoms with Gasteiger partial charge in [0.05, 0.1) is 25.2 Å². The number of nitrogens with one attached hydrogen (secondary N) is 1. The molecule has 1 N–H and O–H groups in total. The first-order valence-electron chi connectivity index (χ1n) is 10.5. The maximum atomic E-state index is 12.8. The van der Waals surface area contributed by atoms with E-state index in [1.165, 1.54) is 5.56 Å². The average molecular weight is 388 g/mol. The highest BCUT2D eigenvalue weighted by molar-refractivity contribution is 5.88. The van der Waals surface area contributed by atoms with Gasteiger partial charge in [0.2, 0.25) is 11.8 Å². The van der Waals surface area contributed by atoms with Crippen LogP contribution in [0.1, 0.15) is 38.7 Å². The molecule has 2 saturated heterocycles. The lowest BCUT2D eigenvalue weighted by Crippen LogP contribution is -2.57. The molecule has 0 aliphatic carbocycles. The molecule has 0 aromatic heterocycles. The Balaban J connectivity index is 1.45. The largest absolute Gasteiger partial charge is 0.373 e. The van der Waals surface area contributed by atoms with E-state index in [-0.39, 0.29) is 30.4 Å². The molecule has 6 nitrogen and oxygen atoms in total. The Hall–Kier alpha value is -1.92. The van der Waals surface area contributed by atoms with Crippen LogP contribution in [0, 0.1) is 5.92 Å². The number of amides is 2. The second-order valence-electron chi connectivity index (χ2n) is 8.28. The van der Waals surface area contributed by atoms with Crippen molar-refractivity contribution in [1.29, 1.82) is 0 Å². The predicted molar refractivity (Wildman–Crippen MR) is 109 cm³/mol. The third-order valence-corrected chi connectivity index (χ3v) is 5.53. The van der Waals surface area contributed by atoms with Gasteiger partial charge in [0, 0.05) is 32.7 Å². The van der Waals surface area contributed by atoms with Crippen molar-refractivity contribution in [1.82, 2.24) is 15.1 Å². The van der Waals surface area contributed by atoms with Crippen LogP contribution in [0.4, 0.5) is 0 Å². The molecule has 1 aromatic rings. The number of piperazine rings is 1. The fourth-order valence-corrected chi connectivity index (χ4v) is 4.03. The minimum Gasteiger partial charge on any atom is -0.373 e. The molecule has 0 spiro atoms. The minimum atomic E-state index is -0.337. The number of benzene rings is 1. The van der Waals surface area contributed by atoms with Gasteiger partial charge in [0.15, 0.2) is 0 Å². The summed E-state index contributed by atoms with van der Waals surface area (Å²) < 4.78 is 6.01. The summed E-state index contributed by atoms with van der Waals surface area (Å²) in [5, 5.41) is 2.91. The van der Waals surface area contributed by atoms with Crippen LogP contribution >= 0.6 is 0 Å². The van der Waals surface area contributed by atoms with Crippen LogP contribution in [0.25, 0.3) is 0 Å². The molecule has 2 aliphatic heterocycles. The summed E-state index contributed by atoms with van der Waals surface area (Å²) in [4.78, 5) is 29.2. The van der Waals surface area contributed by atoms with Gasteiger partial charge in [-0.05, 0) is 24.3 Å². The van der Waals surface area contributed by atoms with Gasteiger partial charge >= 0.3 is 0 Å². The van der Waals surface area contributed by atoms with Crippen LogP contribution in [-0.2, 0) is 20.9 Å². The predicted octanol–water partition coefficient (Wildman–Crippen LogP) is 2.04. The summed E-state index contributed by atoms with van der Waals surface area (Å²) in [6.07, 6.45) is 2.17. The van der Waals surface area contributed by atoms with Crippen molar-refractivity contribution < 1.29 is 14.3 Å². The average Bonchev–Trinajstić information content (AvgIpc) is 2.70. The SMILES string of the molecule is CC(C)CN1CCNC(=O)C1CC(=O)N1CCC(OCc2ccccc2)CC1. The molecule has 0 radical (unpaired) electrons. The van der Waals surface area contributed by atoms with Crippen molar-refractivity contribution in [3.63, 3.8) is 0 Å². The van der Waals surface area contributed by atoms with E-state index in [0.29, 0.717) is 32.2 Å². The quantitative estimate of drug-likeness (QED) is 0.778. The number of carbonyl (C=O) groups is 2. The number of rotatable bonds is 7. The van der Waals surface area contributed by atoms with Gasteiger partial charge < -0.3 is 15.0 Å². The fourth-order valence-electron chi connectivity index (χ4n) is 4.03. The normalized spacial score (nSPS) is 21.8. The van der Waals surface area contributed by atoms with Crippen LogP contribution in [-0.4, -0.2) is 66.5 Å². The monoisotopic (exact) mass is 387 g/mol. The molecule has 28 heavy (non-hydrogen) atoms. The molecule has 2 fully saturated rings. The zero-order chi connectivity index (χ0) is 19.9. The summed E-state index contributed by atoms with van der Waals surface area (Å²) in [6, 6.07) is 9.83. The molecule has 6 heteroatoms. The number of hydrogen-bond acceptors (Lipinski definition) is 4. The molecular weight excluding hydrogens is 354 g/mol. The highest BCUT2D eigenvalue weighted by Crippen LogP contribution is 2.19. The number of nitrogens with zero attached hydrogens (tertiary/aromatic N) is 2. The summed E-state index contributed by atoms with van der Waals surface area (Å²) >= 11 is 0. The molecule has 3 rings (SSSR count). The number of piperidine rings is 1. The van der Waals surface area contributed by atoms with E-state index >= 15 is 0 Å². The van der Waals surface area contributed by atoms with Gasteiger partial charge in [0.25, 0.3) is 0 Å². The van der Waals surface area contributed by atoms with Crippen LogP contribution in [0.2, 0.25) is 0 Å². The zero-order valence-electron chi connectivity index (χ0n) is 17.1. The standard InChI is InChI=1S/C22H33N3O3/c1-17(2)15-25-13-10-23-22(27)20(25)14-21(26)24-11-8-19(9-12-24)28-16-18-6-4-3-5-7-18/h3-7,17,19-20H,8-16H2,1-2H3,(H,23,27). The second kappa shape index (κ2) is 10.0. The molecule has 0 saturated carbocycles. The topological polar surface area (TPSA) is 61.9 Å². The van der Waals surface area contributed by atoms with Gasteiger partial charge in [-0.15, -0.1) is 0 Å². The first-order chi connectivity index (χ1) is 13.5. The fraction of sp³-hybridized carbons (Fsp3) is 0.636. The maximum absolute atomic E-state index is 12.8. The van der Waals surface area contributed by atoms with Crippen molar-refractivity contribution in [2.24, 2.45) is 5.92 Å². The molecule has 2 aliphatic rings. The van der Waals surface area contributed by atoms with Crippen LogP contribution in [0.5, 0.6) is 0 Å². The minimum absolute atomic E-state index is 0.0127. The lowest BCUT2D eigenvalue weighted by atomic mass is 10.0. The van der Waals surface area contributed by atoms with Crippen molar-refractivity contribution in [2.75, 3.05) is 32.7 Å². The molecule has 154 valence electrons. The summed E-state index contributed by atoms with van der Waals surface area (Å²) in [5.74, 6) is 0.541. The smallest absolute Gasteiger partial charge is 0.237 e. The Labute approximate surface area is 168 Å². The third kappa shape index (κ3) is 5.79. The van der Waals surface area contributed by atoms with Crippen molar-refractivity contribution in [3.8, 4) is 0 Å². The molecule has 1 unspecified atom stereocenters. The number of carbonyl (C=O) groups excluding carboxylic acids is 2. The highest BCUT2D eigenvalue weighted by Gasteiger charge is 2.34. The lowest BCUT2D eigenvalue weighted by Gasteiger charge is -2.38. The molecule has 1 aromatic carbocycles. The van der Waals surface area contributed by atoms with E-state index < -0.39 is 0 Å². The van der Waals surface area contributed by atoms with E-state index in [2.05, 4.69) is 36.2 Å². The van der Waals surface area contributed by atoms with Crippen molar-refractivity contribution >= 4 is 11.8 Å². The van der Waals surface area contributed by atoms with Gasteiger partial charge in [-0.2, -0.15) is 0 Å². The Morgan fingerprint density at radius 1 is 1.18 bits per heavy atom. The number of likely N-dealkylation sites (tertiary alicyclic amines) is 1. The van der Waals surface area contributed by atoms with Crippen LogP contribution < -0.4 is 5.32 Å². The van der Waals surface area contributed by atoms with E-state index in [1.807, 2.05) is 23.1 Å². The first-order valence-corrected chi connectivity index (χ1v) is 10.5. The highest BCUT2D eigenvalue weighted by atomic mass is 16.5. The molecule has 0 bridgehead atoms. The van der Waals surface area contributed by atoms with Gasteiger partial charge in [-0.1, -0.05) is 44.2 Å². The summed E-state index contributed by atoms with van der Waals surface area (Å²) in [6.45, 7) is 8.65. The zero-order valence-corrected chi connectivity index (χ0v) is 17.1. The van der Waals surface area contributed by atoms with Gasteiger partial charge in [-0.25, -0.2) is 0 Å². The maximum Gasteiger partial charge on any atom is 0.237 e. The Morgan fingerprint density at radius 2 is 1.89 bits per heavy atom. The second-order valence-corrected chi connectivity index (χ2v) is 8.28. The van der Waals surface area contributed by atoms with Gasteiger partial charge in [-0.3, -0.25) is 14.5 Å². The molecule has 1 atom stereocenters. The third-order valence-electron chi connectivity index (χ3n) is 5.53. The van der Waals surface area contributed by atoms with Gasteiger partial charge in [0.1, 0.15) is 0 Å². The number of hydrogen-bond donors (Lipinski definition) is 1. The van der Waals surface area contributed by atoms with E-state index in [1.54, 1.807) is 0 Å². The Morgan fingerprint density at radius 3 is 2.57 bits per heavy atom. The Kier molecular flexibility index (Phi) is 7.45. The lowest BCUT2D eigenvalue weighted by molar-refractivity contribution is -0.140. The van der Waals surface area contributed by atoms with Crippen molar-refractivity contribution in [2.45, 2.75) is 51.9 Å². The summed E-state index contributed by atoms with van der Waals surface area (Å²) in [7, 11) is 0. The van der Waals surface area contributed by atoms with E-state index in [0.717, 1.165) is 25.9 Å². The van der Waals surface area contributed by atoms with Crippen LogP contribution in [0.15, 0.2) is 30.3 Å². The van der Waals surface area contributed by atoms with E-state index in [4.69, 9.17) is 4.74 Å². The molecule has 2 amide bonds. The first kappa shape index (κ1) is 20.8. The van der Waals surface area contributed by atoms with Crippen molar-refractivity contribution in [3.05, 3.63) is 35.9 Å². The summed E-state index contributed by atoms with van der Waals surface area (Å²) in [5.41, 5.74) is 1.18. The van der Waals surface area contributed by atoms with E-state index in [9.17, 15) is 9.59 Å².